The summed E-state index contributed by atoms with van der Waals surface area (Å²) in [6.07, 6.45) is 9.98. The average Bonchev–Trinajstić information content (AvgIpc) is 2.78. The summed E-state index contributed by atoms with van der Waals surface area (Å²) in [7, 11) is 0. The number of benzene rings is 1. The lowest BCUT2D eigenvalue weighted by Gasteiger charge is -2.19. The summed E-state index contributed by atoms with van der Waals surface area (Å²) in [5.41, 5.74) is 9.70. The lowest BCUT2D eigenvalue weighted by atomic mass is 10.0. The summed E-state index contributed by atoms with van der Waals surface area (Å²) < 4.78 is 0. The fourth-order valence-corrected chi connectivity index (χ4v) is 3.09. The number of amidine groups is 1. The third kappa shape index (κ3) is 5.41. The Morgan fingerprint density at radius 2 is 1.97 bits per heavy atom. The van der Waals surface area contributed by atoms with Gasteiger partial charge in [0.25, 0.3) is 5.91 Å². The summed E-state index contributed by atoms with van der Waals surface area (Å²) in [5, 5.41) is 13.6. The Labute approximate surface area is 176 Å². The first-order valence-electron chi connectivity index (χ1n) is 9.80. The molecule has 0 aliphatic heterocycles. The molecule has 0 saturated carbocycles. The fourth-order valence-electron chi connectivity index (χ4n) is 3.09. The van der Waals surface area contributed by atoms with Gasteiger partial charge < -0.3 is 16.4 Å². The molecule has 0 radical (unpaired) electrons. The highest BCUT2D eigenvalue weighted by molar-refractivity contribution is 5.95. The molecule has 0 bridgehead atoms. The van der Waals surface area contributed by atoms with E-state index in [4.69, 9.17) is 11.1 Å². The first-order valence-corrected chi connectivity index (χ1v) is 9.80. The van der Waals surface area contributed by atoms with Crippen LogP contribution in [0.15, 0.2) is 67.0 Å². The number of nitrogen functional groups attached to an aromatic ring is 1. The molecule has 154 valence electrons. The number of carbonyl (C=O) groups is 1. The van der Waals surface area contributed by atoms with E-state index in [-0.39, 0.29) is 23.5 Å². The van der Waals surface area contributed by atoms with Gasteiger partial charge in [0.1, 0.15) is 17.9 Å². The largest absolute Gasteiger partial charge is 0.384 e. The number of amides is 1. The number of rotatable bonds is 8. The van der Waals surface area contributed by atoms with E-state index in [1.807, 2.05) is 12.1 Å². The molecule has 3 rings (SSSR count). The second-order valence-corrected chi connectivity index (χ2v) is 7.11. The van der Waals surface area contributed by atoms with Gasteiger partial charge in [0.15, 0.2) is 0 Å². The summed E-state index contributed by atoms with van der Waals surface area (Å²) in [4.78, 5) is 20.8. The van der Waals surface area contributed by atoms with Gasteiger partial charge in [-0.05, 0) is 37.0 Å². The smallest absolute Gasteiger partial charge is 0.270 e. The topological polar surface area (TPSA) is 117 Å². The van der Waals surface area contributed by atoms with Crippen molar-refractivity contribution >= 4 is 17.4 Å². The molecule has 1 heterocycles. The molecular formula is C23H26N6O. The van der Waals surface area contributed by atoms with Crippen molar-refractivity contribution in [2.24, 2.45) is 5.73 Å². The Hall–Kier alpha value is -3.74. The zero-order valence-electron chi connectivity index (χ0n) is 17.0. The maximum atomic E-state index is 12.5. The molecule has 7 nitrogen and oxygen atoms in total. The van der Waals surface area contributed by atoms with Crippen LogP contribution in [0.5, 0.6) is 0 Å². The Morgan fingerprint density at radius 3 is 2.63 bits per heavy atom. The van der Waals surface area contributed by atoms with Crippen molar-refractivity contribution < 1.29 is 4.79 Å². The van der Waals surface area contributed by atoms with Gasteiger partial charge in [0.05, 0.1) is 11.4 Å². The molecule has 0 spiro atoms. The predicted octanol–water partition coefficient (Wildman–Crippen LogP) is 2.92. The van der Waals surface area contributed by atoms with Crippen LogP contribution in [-0.2, 0) is 6.54 Å². The van der Waals surface area contributed by atoms with Gasteiger partial charge in [-0.1, -0.05) is 49.1 Å². The molecule has 1 aromatic heterocycles. The summed E-state index contributed by atoms with van der Waals surface area (Å²) in [6.45, 7) is 6.47. The van der Waals surface area contributed by atoms with Crippen molar-refractivity contribution in [2.75, 3.05) is 0 Å². The number of allylic oxidation sites excluding steroid dienone is 2. The molecule has 1 aliphatic carbocycles. The van der Waals surface area contributed by atoms with E-state index in [1.54, 1.807) is 18.2 Å². The van der Waals surface area contributed by atoms with Gasteiger partial charge >= 0.3 is 0 Å². The normalized spacial score (nSPS) is 13.8. The molecule has 2 aromatic rings. The number of nitrogens with two attached hydrogens (primary N) is 1. The van der Waals surface area contributed by atoms with E-state index in [0.717, 1.165) is 18.4 Å². The highest BCUT2D eigenvalue weighted by atomic mass is 16.1. The molecule has 0 fully saturated rings. The van der Waals surface area contributed by atoms with Crippen molar-refractivity contribution in [1.29, 1.82) is 5.41 Å². The van der Waals surface area contributed by atoms with Crippen molar-refractivity contribution in [3.63, 3.8) is 0 Å². The molecular weight excluding hydrogens is 376 g/mol. The van der Waals surface area contributed by atoms with Crippen LogP contribution in [0.25, 0.3) is 5.70 Å². The Bertz CT molecular complexity index is 1010. The molecule has 0 saturated heterocycles. The maximum Gasteiger partial charge on any atom is 0.270 e. The van der Waals surface area contributed by atoms with Crippen LogP contribution in [0.4, 0.5) is 0 Å². The number of hydrogen-bond donors (Lipinski definition) is 4. The third-order valence-electron chi connectivity index (χ3n) is 4.84. The number of carbonyl (C=O) groups excluding carboxylic acids is 1. The van der Waals surface area contributed by atoms with Crippen molar-refractivity contribution in [3.8, 4) is 0 Å². The Balaban J connectivity index is 1.60. The second kappa shape index (κ2) is 9.65. The van der Waals surface area contributed by atoms with E-state index < -0.39 is 0 Å². The lowest BCUT2D eigenvalue weighted by Crippen LogP contribution is -2.27. The van der Waals surface area contributed by atoms with E-state index in [0.29, 0.717) is 23.5 Å². The van der Waals surface area contributed by atoms with Crippen LogP contribution in [0.3, 0.4) is 0 Å². The first kappa shape index (κ1) is 21.0. The van der Waals surface area contributed by atoms with Gasteiger partial charge in [-0.3, -0.25) is 10.2 Å². The molecule has 0 unspecified atom stereocenters. The number of nitrogens with zero attached hydrogens (tertiary/aromatic N) is 2. The zero-order chi connectivity index (χ0) is 21.5. The minimum Gasteiger partial charge on any atom is -0.384 e. The third-order valence-corrected chi connectivity index (χ3v) is 4.84. The van der Waals surface area contributed by atoms with Crippen LogP contribution >= 0.6 is 0 Å². The van der Waals surface area contributed by atoms with Crippen molar-refractivity contribution in [3.05, 3.63) is 89.6 Å². The monoisotopic (exact) mass is 402 g/mol. The van der Waals surface area contributed by atoms with E-state index in [2.05, 4.69) is 52.3 Å². The van der Waals surface area contributed by atoms with Crippen LogP contribution in [0.1, 0.15) is 47.1 Å². The van der Waals surface area contributed by atoms with Crippen LogP contribution in [-0.4, -0.2) is 27.8 Å². The van der Waals surface area contributed by atoms with Gasteiger partial charge in [0.2, 0.25) is 0 Å². The molecule has 1 aromatic carbocycles. The number of aromatic nitrogens is 2. The molecule has 1 aliphatic rings. The van der Waals surface area contributed by atoms with E-state index in [9.17, 15) is 4.79 Å². The van der Waals surface area contributed by atoms with Gasteiger partial charge in [-0.2, -0.15) is 0 Å². The number of nitrogens with one attached hydrogen (secondary N) is 3. The van der Waals surface area contributed by atoms with Crippen LogP contribution < -0.4 is 16.4 Å². The Kier molecular flexibility index (Phi) is 6.75. The van der Waals surface area contributed by atoms with Crippen LogP contribution in [0.2, 0.25) is 0 Å². The molecule has 7 heteroatoms. The standard InChI is InChI=1S/C23H26N6O/c1-15(18-6-4-3-5-7-18)29-16(2)20-12-21(28-14-27-20)23(30)26-13-17-8-10-19(11-9-17)22(24)25/h4,6-12,14-15,29H,2-3,5,13H2,1H3,(H3,24,25)(H,26,30)/t15-/m0/s1. The molecule has 1 atom stereocenters. The van der Waals surface area contributed by atoms with Gasteiger partial charge in [-0.15, -0.1) is 0 Å². The second-order valence-electron chi connectivity index (χ2n) is 7.11. The van der Waals surface area contributed by atoms with E-state index >= 15 is 0 Å². The average molecular weight is 403 g/mol. The summed E-state index contributed by atoms with van der Waals surface area (Å²) in [5.74, 6) is -0.286. The molecule has 5 N–H and O–H groups in total. The zero-order valence-corrected chi connectivity index (χ0v) is 17.0. The minimum atomic E-state index is -0.298. The molecule has 30 heavy (non-hydrogen) atoms. The highest BCUT2D eigenvalue weighted by Crippen LogP contribution is 2.16. The Morgan fingerprint density at radius 1 is 1.23 bits per heavy atom. The van der Waals surface area contributed by atoms with Crippen LogP contribution in [0, 0.1) is 5.41 Å². The quantitative estimate of drug-likeness (QED) is 0.400. The first-order chi connectivity index (χ1) is 14.4. The number of hydrogen-bond acceptors (Lipinski definition) is 5. The summed E-state index contributed by atoms with van der Waals surface area (Å²) >= 11 is 0. The SMILES string of the molecule is C=C(N[C@@H](C)C1=CCCC=C1)c1cc(C(=O)NCc2ccc(C(=N)N)cc2)ncn1. The summed E-state index contributed by atoms with van der Waals surface area (Å²) in [6, 6.07) is 8.87. The highest BCUT2D eigenvalue weighted by Gasteiger charge is 2.13. The fraction of sp³-hybridized carbons (Fsp3) is 0.217. The minimum absolute atomic E-state index is 0.0121. The van der Waals surface area contributed by atoms with Crippen molar-refractivity contribution in [1.82, 2.24) is 20.6 Å². The molecule has 1 amide bonds. The predicted molar refractivity (Wildman–Crippen MR) is 119 cm³/mol. The van der Waals surface area contributed by atoms with Gasteiger partial charge in [0, 0.05) is 18.2 Å². The maximum absolute atomic E-state index is 12.5. The lowest BCUT2D eigenvalue weighted by molar-refractivity contribution is 0.0945. The van der Waals surface area contributed by atoms with Crippen molar-refractivity contribution in [2.45, 2.75) is 32.4 Å². The van der Waals surface area contributed by atoms with E-state index in [1.165, 1.54) is 11.9 Å². The van der Waals surface area contributed by atoms with Gasteiger partial charge in [-0.25, -0.2) is 9.97 Å².